The van der Waals surface area contributed by atoms with Crippen LogP contribution in [0.2, 0.25) is 0 Å². The van der Waals surface area contributed by atoms with E-state index in [1.807, 2.05) is 65.5 Å². The van der Waals surface area contributed by atoms with Gasteiger partial charge in [0.1, 0.15) is 23.4 Å². The minimum atomic E-state index is -1.87. The number of esters is 1. The molecule has 0 bridgehead atoms. The molecule has 0 saturated carbocycles. The van der Waals surface area contributed by atoms with Gasteiger partial charge in [0.05, 0.1) is 42.9 Å². The van der Waals surface area contributed by atoms with Gasteiger partial charge >= 0.3 is 5.97 Å². The molecule has 37 heavy (non-hydrogen) atoms. The van der Waals surface area contributed by atoms with Crippen LogP contribution in [0, 0.1) is 0 Å². The summed E-state index contributed by atoms with van der Waals surface area (Å²) in [5.74, 6) is 1.76. The fourth-order valence-electron chi connectivity index (χ4n) is 4.24. The van der Waals surface area contributed by atoms with E-state index in [0.29, 0.717) is 30.2 Å². The summed E-state index contributed by atoms with van der Waals surface area (Å²) in [5, 5.41) is 0. The fraction of sp³-hybridized carbons (Fsp3) is 0.179. The van der Waals surface area contributed by atoms with Crippen LogP contribution in [0.25, 0.3) is 5.69 Å². The summed E-state index contributed by atoms with van der Waals surface area (Å²) in [7, 11) is 1.39. The van der Waals surface area contributed by atoms with Crippen molar-refractivity contribution in [2.45, 2.75) is 11.9 Å². The van der Waals surface area contributed by atoms with Gasteiger partial charge in [0.25, 0.3) is 0 Å². The standard InChI is InChI=1S/C28H26N2O6S/c1-34-28(31)25-5-4-6-26(27(25)29-15-2-3-16-29)30-17-24(18-30)36-23-13-11-22(12-14-23)35-21-9-7-20(8-10-21)19-37(32)33/h2-16,24H,17-19H2,1H3,(H,32,33). The van der Waals surface area contributed by atoms with E-state index in [9.17, 15) is 9.00 Å². The van der Waals surface area contributed by atoms with E-state index in [1.165, 1.54) is 7.11 Å². The number of aromatic nitrogens is 1. The summed E-state index contributed by atoms with van der Waals surface area (Å²) in [6.45, 7) is 1.37. The Hall–Kier alpha value is -4.08. The second-order valence-electron chi connectivity index (χ2n) is 8.58. The maximum Gasteiger partial charge on any atom is 0.340 e. The van der Waals surface area contributed by atoms with E-state index in [1.54, 1.807) is 30.3 Å². The van der Waals surface area contributed by atoms with Crippen LogP contribution in [0.4, 0.5) is 5.69 Å². The largest absolute Gasteiger partial charge is 0.487 e. The maximum atomic E-state index is 12.4. The first kappa shape index (κ1) is 24.6. The van der Waals surface area contributed by atoms with Crippen LogP contribution in [-0.2, 0) is 21.6 Å². The molecule has 1 atom stereocenters. The SMILES string of the molecule is COC(=O)c1cccc(N2CC(Oc3ccc(Oc4ccc(CS(=O)O)cc4)cc3)C2)c1-n1cccc1. The van der Waals surface area contributed by atoms with E-state index in [-0.39, 0.29) is 17.8 Å². The second kappa shape index (κ2) is 10.9. The second-order valence-corrected chi connectivity index (χ2v) is 9.51. The molecule has 3 aromatic carbocycles. The lowest BCUT2D eigenvalue weighted by molar-refractivity contribution is 0.0600. The molecule has 2 heterocycles. The Morgan fingerprint density at radius 2 is 1.54 bits per heavy atom. The molecule has 9 heteroatoms. The first-order valence-electron chi connectivity index (χ1n) is 11.7. The lowest BCUT2D eigenvalue weighted by atomic mass is 10.1. The van der Waals surface area contributed by atoms with Crippen molar-refractivity contribution in [3.63, 3.8) is 0 Å². The van der Waals surface area contributed by atoms with E-state index < -0.39 is 11.1 Å². The van der Waals surface area contributed by atoms with Crippen LogP contribution in [0.1, 0.15) is 15.9 Å². The highest BCUT2D eigenvalue weighted by molar-refractivity contribution is 7.78. The Kier molecular flexibility index (Phi) is 7.25. The van der Waals surface area contributed by atoms with Gasteiger partial charge in [0.2, 0.25) is 0 Å². The van der Waals surface area contributed by atoms with Crippen molar-refractivity contribution in [1.29, 1.82) is 0 Å². The predicted octanol–water partition coefficient (Wildman–Crippen LogP) is 5.05. The lowest BCUT2D eigenvalue weighted by Crippen LogP contribution is -2.54. The summed E-state index contributed by atoms with van der Waals surface area (Å²) in [6, 6.07) is 24.0. The third-order valence-corrected chi connectivity index (χ3v) is 6.63. The summed E-state index contributed by atoms with van der Waals surface area (Å²) >= 11 is -1.87. The average molecular weight is 519 g/mol. The van der Waals surface area contributed by atoms with Gasteiger partial charge in [0, 0.05) is 12.4 Å². The van der Waals surface area contributed by atoms with Gasteiger partial charge in [-0.15, -0.1) is 0 Å². The summed E-state index contributed by atoms with van der Waals surface area (Å²) in [5.41, 5.74) is 3.01. The lowest BCUT2D eigenvalue weighted by Gasteiger charge is -2.41. The minimum absolute atomic E-state index is 0.00989. The van der Waals surface area contributed by atoms with Gasteiger partial charge in [-0.2, -0.15) is 0 Å². The van der Waals surface area contributed by atoms with Crippen molar-refractivity contribution < 1.29 is 27.8 Å². The Morgan fingerprint density at radius 3 is 2.16 bits per heavy atom. The molecule has 1 aliphatic heterocycles. The van der Waals surface area contributed by atoms with Crippen LogP contribution in [0.15, 0.2) is 91.3 Å². The van der Waals surface area contributed by atoms with Gasteiger partial charge in [-0.1, -0.05) is 18.2 Å². The van der Waals surface area contributed by atoms with Crippen molar-refractivity contribution in [2.24, 2.45) is 0 Å². The topological polar surface area (TPSA) is 90.2 Å². The van der Waals surface area contributed by atoms with E-state index >= 15 is 0 Å². The molecule has 8 nitrogen and oxygen atoms in total. The third-order valence-electron chi connectivity index (χ3n) is 6.05. The quantitative estimate of drug-likeness (QED) is 0.245. The van der Waals surface area contributed by atoms with Crippen molar-refractivity contribution in [1.82, 2.24) is 4.57 Å². The van der Waals surface area contributed by atoms with Crippen molar-refractivity contribution in [3.8, 4) is 22.9 Å². The zero-order valence-corrected chi connectivity index (χ0v) is 21.0. The molecule has 1 unspecified atom stereocenters. The number of benzene rings is 3. The number of carbonyl (C=O) groups excluding carboxylic acids is 1. The Morgan fingerprint density at radius 1 is 0.919 bits per heavy atom. The Balaban J connectivity index is 1.21. The number of carbonyl (C=O) groups is 1. The van der Waals surface area contributed by atoms with Crippen LogP contribution in [0.5, 0.6) is 17.2 Å². The predicted molar refractivity (Wildman–Crippen MR) is 141 cm³/mol. The van der Waals surface area contributed by atoms with Crippen LogP contribution < -0.4 is 14.4 Å². The zero-order chi connectivity index (χ0) is 25.8. The number of methoxy groups -OCH3 is 1. The third kappa shape index (κ3) is 5.68. The fourth-order valence-corrected chi connectivity index (χ4v) is 4.71. The Labute approximate surface area is 217 Å². The smallest absolute Gasteiger partial charge is 0.340 e. The molecule has 0 amide bonds. The number of para-hydroxylation sites is 1. The van der Waals surface area contributed by atoms with Gasteiger partial charge in [-0.3, -0.25) is 0 Å². The first-order valence-corrected chi connectivity index (χ1v) is 13.0. The van der Waals surface area contributed by atoms with E-state index in [4.69, 9.17) is 18.8 Å². The molecule has 1 N–H and O–H groups in total. The van der Waals surface area contributed by atoms with Crippen molar-refractivity contribution in [2.75, 3.05) is 25.1 Å². The van der Waals surface area contributed by atoms with Gasteiger partial charge < -0.3 is 28.2 Å². The summed E-state index contributed by atoms with van der Waals surface area (Å²) < 4.78 is 38.9. The number of anilines is 1. The number of nitrogens with zero attached hydrogens (tertiary/aromatic N) is 2. The average Bonchev–Trinajstić information content (AvgIpc) is 3.41. The molecule has 190 valence electrons. The van der Waals surface area contributed by atoms with Crippen LogP contribution in [-0.4, -0.2) is 45.6 Å². The molecule has 4 aromatic rings. The number of hydrogen-bond acceptors (Lipinski definition) is 6. The molecule has 5 rings (SSSR count). The molecule has 1 aromatic heterocycles. The monoisotopic (exact) mass is 518 g/mol. The number of ether oxygens (including phenoxy) is 3. The number of hydrogen-bond donors (Lipinski definition) is 1. The first-order chi connectivity index (χ1) is 18.0. The maximum absolute atomic E-state index is 12.4. The van der Waals surface area contributed by atoms with Gasteiger partial charge in [-0.05, 0) is 66.2 Å². The molecular formula is C28H26N2O6S. The summed E-state index contributed by atoms with van der Waals surface area (Å²) in [6.07, 6.45) is 3.83. The molecule has 0 spiro atoms. The highest BCUT2D eigenvalue weighted by atomic mass is 32.2. The Bertz CT molecular complexity index is 1380. The highest BCUT2D eigenvalue weighted by Gasteiger charge is 2.32. The normalized spacial score (nSPS) is 14.1. The zero-order valence-electron chi connectivity index (χ0n) is 20.2. The molecule has 0 aliphatic carbocycles. The molecule has 1 saturated heterocycles. The highest BCUT2D eigenvalue weighted by Crippen LogP contribution is 2.33. The minimum Gasteiger partial charge on any atom is -0.487 e. The van der Waals surface area contributed by atoms with Crippen molar-refractivity contribution >= 4 is 22.7 Å². The molecule has 0 radical (unpaired) electrons. The van der Waals surface area contributed by atoms with E-state index in [0.717, 1.165) is 22.7 Å². The summed E-state index contributed by atoms with van der Waals surface area (Å²) in [4.78, 5) is 14.6. The molecule has 1 fully saturated rings. The van der Waals surface area contributed by atoms with Crippen molar-refractivity contribution in [3.05, 3.63) is 102 Å². The van der Waals surface area contributed by atoms with Gasteiger partial charge in [-0.25, -0.2) is 9.00 Å². The molecular weight excluding hydrogens is 492 g/mol. The van der Waals surface area contributed by atoms with E-state index in [2.05, 4.69) is 4.90 Å². The van der Waals surface area contributed by atoms with Crippen LogP contribution in [0.3, 0.4) is 0 Å². The number of rotatable bonds is 9. The van der Waals surface area contributed by atoms with Crippen LogP contribution >= 0.6 is 0 Å². The van der Waals surface area contributed by atoms with Gasteiger partial charge in [0.15, 0.2) is 11.1 Å². The molecule has 1 aliphatic rings.